The number of hydrogen-bond acceptors (Lipinski definition) is 6. The monoisotopic (exact) mass is 434 g/mol. The SMILES string of the molecule is O=C(Cc1ccccc1)N(/N=C/c1ccc([N+](=O)[O-])cc1)c1nc2ccc(F)cc2s1. The molecule has 0 unspecified atom stereocenters. The second-order valence-corrected chi connectivity index (χ2v) is 7.58. The summed E-state index contributed by atoms with van der Waals surface area (Å²) in [5, 5.41) is 16.6. The fourth-order valence-corrected chi connectivity index (χ4v) is 3.82. The third-order valence-corrected chi connectivity index (χ3v) is 5.37. The van der Waals surface area contributed by atoms with Gasteiger partial charge in [0, 0.05) is 12.1 Å². The van der Waals surface area contributed by atoms with Crippen molar-refractivity contribution in [1.29, 1.82) is 0 Å². The Labute approximate surface area is 180 Å². The van der Waals surface area contributed by atoms with E-state index in [4.69, 9.17) is 0 Å². The molecule has 9 heteroatoms. The zero-order valence-electron chi connectivity index (χ0n) is 16.0. The number of anilines is 1. The summed E-state index contributed by atoms with van der Waals surface area (Å²) in [6, 6.07) is 19.2. The van der Waals surface area contributed by atoms with Gasteiger partial charge >= 0.3 is 0 Å². The predicted molar refractivity (Wildman–Crippen MR) is 118 cm³/mol. The van der Waals surface area contributed by atoms with Gasteiger partial charge in [0.25, 0.3) is 11.6 Å². The van der Waals surface area contributed by atoms with Crippen LogP contribution in [0.1, 0.15) is 11.1 Å². The fraction of sp³-hybridized carbons (Fsp3) is 0.0455. The summed E-state index contributed by atoms with van der Waals surface area (Å²) in [5.41, 5.74) is 1.91. The van der Waals surface area contributed by atoms with Crippen molar-refractivity contribution in [3.8, 4) is 0 Å². The number of benzene rings is 3. The van der Waals surface area contributed by atoms with Crippen molar-refractivity contribution >= 4 is 44.5 Å². The molecule has 0 saturated heterocycles. The maximum absolute atomic E-state index is 13.6. The number of carbonyl (C=O) groups excluding carboxylic acids is 1. The van der Waals surface area contributed by atoms with E-state index in [2.05, 4.69) is 10.1 Å². The number of nitro benzene ring substituents is 1. The van der Waals surface area contributed by atoms with Crippen LogP contribution in [-0.4, -0.2) is 22.0 Å². The molecule has 0 atom stereocenters. The molecule has 0 radical (unpaired) electrons. The van der Waals surface area contributed by atoms with Crippen molar-refractivity contribution in [3.63, 3.8) is 0 Å². The Morgan fingerprint density at radius 1 is 1.13 bits per heavy atom. The lowest BCUT2D eigenvalue weighted by atomic mass is 10.1. The lowest BCUT2D eigenvalue weighted by Crippen LogP contribution is -2.27. The minimum absolute atomic E-state index is 0.0395. The Bertz CT molecular complexity index is 1270. The molecule has 1 amide bonds. The number of thiazole rings is 1. The Morgan fingerprint density at radius 3 is 2.58 bits per heavy atom. The van der Waals surface area contributed by atoms with Crippen LogP contribution < -0.4 is 5.01 Å². The quantitative estimate of drug-likeness (QED) is 0.244. The Balaban J connectivity index is 1.67. The zero-order valence-corrected chi connectivity index (χ0v) is 16.8. The zero-order chi connectivity index (χ0) is 21.8. The van der Waals surface area contributed by atoms with Gasteiger partial charge in [-0.15, -0.1) is 0 Å². The number of halogens is 1. The van der Waals surface area contributed by atoms with Crippen LogP contribution in [0, 0.1) is 15.9 Å². The highest BCUT2D eigenvalue weighted by Gasteiger charge is 2.20. The van der Waals surface area contributed by atoms with Crippen LogP contribution in [0.3, 0.4) is 0 Å². The fourth-order valence-electron chi connectivity index (χ4n) is 2.85. The maximum Gasteiger partial charge on any atom is 0.269 e. The summed E-state index contributed by atoms with van der Waals surface area (Å²) in [6.45, 7) is 0. The minimum atomic E-state index is -0.489. The molecule has 1 aromatic heterocycles. The van der Waals surface area contributed by atoms with E-state index in [1.54, 1.807) is 6.07 Å². The molecule has 0 saturated carbocycles. The minimum Gasteiger partial charge on any atom is -0.272 e. The summed E-state index contributed by atoms with van der Waals surface area (Å²) in [6.07, 6.45) is 1.53. The number of nitro groups is 1. The standard InChI is InChI=1S/C22H15FN4O3S/c23-17-8-11-19-20(13-17)31-22(25-19)26(21(28)12-15-4-2-1-3-5-15)24-14-16-6-9-18(10-7-16)27(29)30/h1-11,13-14H,12H2/b24-14+. The first-order chi connectivity index (χ1) is 15.0. The third-order valence-electron chi connectivity index (χ3n) is 4.38. The lowest BCUT2D eigenvalue weighted by molar-refractivity contribution is -0.384. The van der Waals surface area contributed by atoms with Crippen molar-refractivity contribution in [2.45, 2.75) is 6.42 Å². The van der Waals surface area contributed by atoms with Gasteiger partial charge in [0.15, 0.2) is 0 Å². The summed E-state index contributed by atoms with van der Waals surface area (Å²) in [5.74, 6) is -0.705. The van der Waals surface area contributed by atoms with E-state index in [-0.39, 0.29) is 23.8 Å². The smallest absolute Gasteiger partial charge is 0.269 e. The second-order valence-electron chi connectivity index (χ2n) is 6.57. The van der Waals surface area contributed by atoms with E-state index < -0.39 is 4.92 Å². The Kier molecular flexibility index (Phi) is 5.76. The highest BCUT2D eigenvalue weighted by molar-refractivity contribution is 7.22. The molecule has 31 heavy (non-hydrogen) atoms. The van der Waals surface area contributed by atoms with Gasteiger partial charge in [-0.1, -0.05) is 41.7 Å². The predicted octanol–water partition coefficient (Wildman–Crippen LogP) is 4.95. The highest BCUT2D eigenvalue weighted by atomic mass is 32.1. The molecule has 0 aliphatic heterocycles. The molecule has 154 valence electrons. The molecule has 0 N–H and O–H groups in total. The van der Waals surface area contributed by atoms with Gasteiger partial charge in [-0.3, -0.25) is 14.9 Å². The molecular weight excluding hydrogens is 419 g/mol. The van der Waals surface area contributed by atoms with Crippen LogP contribution in [0.25, 0.3) is 10.2 Å². The van der Waals surface area contributed by atoms with E-state index >= 15 is 0 Å². The summed E-state index contributed by atoms with van der Waals surface area (Å²) in [7, 11) is 0. The van der Waals surface area contributed by atoms with Crippen LogP contribution in [0.15, 0.2) is 77.9 Å². The Morgan fingerprint density at radius 2 is 1.87 bits per heavy atom. The molecule has 4 rings (SSSR count). The largest absolute Gasteiger partial charge is 0.272 e. The van der Waals surface area contributed by atoms with Gasteiger partial charge in [0.1, 0.15) is 5.82 Å². The molecule has 7 nitrogen and oxygen atoms in total. The van der Waals surface area contributed by atoms with E-state index in [1.165, 1.54) is 47.6 Å². The molecule has 0 fully saturated rings. The number of fused-ring (bicyclic) bond motifs is 1. The van der Waals surface area contributed by atoms with E-state index in [1.807, 2.05) is 30.3 Å². The molecule has 3 aromatic carbocycles. The normalized spacial score (nSPS) is 11.1. The molecule has 1 heterocycles. The van der Waals surface area contributed by atoms with Crippen LogP contribution in [-0.2, 0) is 11.2 Å². The average Bonchev–Trinajstić information content (AvgIpc) is 3.17. The number of non-ortho nitro benzene ring substituents is 1. The van der Waals surface area contributed by atoms with E-state index in [0.29, 0.717) is 20.9 Å². The van der Waals surface area contributed by atoms with Crippen LogP contribution in [0.2, 0.25) is 0 Å². The number of hydrazone groups is 1. The molecule has 0 bridgehead atoms. The van der Waals surface area contributed by atoms with Gasteiger partial charge in [0.2, 0.25) is 5.13 Å². The van der Waals surface area contributed by atoms with Crippen molar-refractivity contribution in [2.75, 3.05) is 5.01 Å². The first kappa shape index (κ1) is 20.3. The van der Waals surface area contributed by atoms with Gasteiger partial charge in [-0.25, -0.2) is 9.37 Å². The van der Waals surface area contributed by atoms with Crippen molar-refractivity contribution < 1.29 is 14.1 Å². The van der Waals surface area contributed by atoms with Gasteiger partial charge < -0.3 is 0 Å². The molecule has 4 aromatic rings. The number of amides is 1. The van der Waals surface area contributed by atoms with E-state index in [9.17, 15) is 19.3 Å². The first-order valence-corrected chi connectivity index (χ1v) is 10.0. The second kappa shape index (κ2) is 8.80. The molecule has 0 aliphatic carbocycles. The summed E-state index contributed by atoms with van der Waals surface area (Å²) >= 11 is 1.15. The average molecular weight is 434 g/mol. The van der Waals surface area contributed by atoms with Crippen LogP contribution in [0.4, 0.5) is 15.2 Å². The molecule has 0 aliphatic rings. The lowest BCUT2D eigenvalue weighted by Gasteiger charge is -2.13. The molecule has 0 spiro atoms. The number of hydrogen-bond donors (Lipinski definition) is 0. The number of nitrogens with zero attached hydrogens (tertiary/aromatic N) is 4. The topological polar surface area (TPSA) is 88.7 Å². The van der Waals surface area contributed by atoms with Gasteiger partial charge in [-0.2, -0.15) is 10.1 Å². The maximum atomic E-state index is 13.6. The van der Waals surface area contributed by atoms with Crippen LogP contribution >= 0.6 is 11.3 Å². The van der Waals surface area contributed by atoms with Gasteiger partial charge in [-0.05, 0) is 41.5 Å². The Hall–Kier alpha value is -3.98. The number of rotatable bonds is 6. The number of aromatic nitrogens is 1. The highest BCUT2D eigenvalue weighted by Crippen LogP contribution is 2.30. The van der Waals surface area contributed by atoms with E-state index in [0.717, 1.165) is 16.9 Å². The third kappa shape index (κ3) is 4.78. The van der Waals surface area contributed by atoms with Crippen molar-refractivity contribution in [1.82, 2.24) is 4.98 Å². The summed E-state index contributed by atoms with van der Waals surface area (Å²) in [4.78, 5) is 27.8. The first-order valence-electron chi connectivity index (χ1n) is 9.21. The van der Waals surface area contributed by atoms with Gasteiger partial charge in [0.05, 0.1) is 27.8 Å². The summed E-state index contributed by atoms with van der Waals surface area (Å²) < 4.78 is 14.2. The van der Waals surface area contributed by atoms with Crippen LogP contribution in [0.5, 0.6) is 0 Å². The molecular formula is C22H15FN4O3S. The number of carbonyl (C=O) groups is 1. The van der Waals surface area contributed by atoms with Crippen molar-refractivity contribution in [2.24, 2.45) is 5.10 Å². The van der Waals surface area contributed by atoms with Crippen molar-refractivity contribution in [3.05, 3.63) is 99.9 Å².